The molecule has 0 heterocycles. The average molecular weight is 199 g/mol. The molecule has 0 rings (SSSR count). The molecule has 0 spiro atoms. The van der Waals surface area contributed by atoms with Crippen LogP contribution < -0.4 is 5.32 Å². The second-order valence-corrected chi connectivity index (χ2v) is 4.06. The molecule has 0 aromatic heterocycles. The molecule has 0 aromatic carbocycles. The fourth-order valence-corrected chi connectivity index (χ4v) is 0.822. The average Bonchev–Trinajstić information content (AvgIpc) is 1.99. The topological polar surface area (TPSA) is 55.4 Å². The van der Waals surface area contributed by atoms with Crippen LogP contribution in [-0.2, 0) is 14.3 Å². The van der Waals surface area contributed by atoms with Crippen molar-refractivity contribution in [3.63, 3.8) is 0 Å². The Bertz CT molecular complexity index is 261. The molecular weight excluding hydrogens is 182 g/mol. The van der Waals surface area contributed by atoms with Gasteiger partial charge in [-0.05, 0) is 27.7 Å². The normalized spacial score (nSPS) is 12.2. The third-order valence-electron chi connectivity index (χ3n) is 1.35. The Labute approximate surface area is 84.3 Å². The second-order valence-electron chi connectivity index (χ2n) is 4.06. The van der Waals surface area contributed by atoms with Gasteiger partial charge >= 0.3 is 5.97 Å². The lowest BCUT2D eigenvalue weighted by molar-refractivity contribution is -0.136. The van der Waals surface area contributed by atoms with Crippen LogP contribution in [0.1, 0.15) is 27.7 Å². The van der Waals surface area contributed by atoms with Crippen molar-refractivity contribution < 1.29 is 14.3 Å². The molecule has 1 N–H and O–H groups in total. The van der Waals surface area contributed by atoms with Crippen LogP contribution in [0.2, 0.25) is 0 Å². The molecule has 1 amide bonds. The van der Waals surface area contributed by atoms with Crippen molar-refractivity contribution >= 4 is 11.9 Å². The maximum atomic E-state index is 11.3. The highest BCUT2D eigenvalue weighted by Gasteiger charge is 2.13. The van der Waals surface area contributed by atoms with Gasteiger partial charge in [0, 0.05) is 17.2 Å². The molecule has 0 aromatic rings. The zero-order valence-corrected chi connectivity index (χ0v) is 9.30. The molecule has 0 aliphatic rings. The van der Waals surface area contributed by atoms with Crippen LogP contribution in [0, 0.1) is 0 Å². The number of nitrogens with one attached hydrogen (secondary N) is 1. The van der Waals surface area contributed by atoms with Gasteiger partial charge in [-0.25, -0.2) is 4.79 Å². The minimum atomic E-state index is -0.492. The molecule has 0 saturated carbocycles. The summed E-state index contributed by atoms with van der Waals surface area (Å²) < 4.78 is 4.46. The van der Waals surface area contributed by atoms with Gasteiger partial charge in [0.1, 0.15) is 0 Å². The first-order valence-electron chi connectivity index (χ1n) is 4.35. The molecule has 0 saturated heterocycles. The summed E-state index contributed by atoms with van der Waals surface area (Å²) in [5.41, 5.74) is -0.0153. The van der Waals surface area contributed by atoms with E-state index in [1.54, 1.807) is 0 Å². The van der Waals surface area contributed by atoms with Crippen molar-refractivity contribution in [1.82, 2.24) is 5.32 Å². The zero-order chi connectivity index (χ0) is 11.4. The third-order valence-corrected chi connectivity index (χ3v) is 1.35. The summed E-state index contributed by atoms with van der Waals surface area (Å²) in [5, 5.41) is 2.71. The lowest BCUT2D eigenvalue weighted by Crippen LogP contribution is -2.39. The second kappa shape index (κ2) is 4.79. The highest BCUT2D eigenvalue weighted by atomic mass is 16.5. The number of methoxy groups -OCH3 is 1. The highest BCUT2D eigenvalue weighted by molar-refractivity contribution is 5.98. The zero-order valence-electron chi connectivity index (χ0n) is 9.30. The lowest BCUT2D eigenvalue weighted by atomic mass is 10.1. The van der Waals surface area contributed by atoms with Crippen molar-refractivity contribution in [1.29, 1.82) is 0 Å². The highest BCUT2D eigenvalue weighted by Crippen LogP contribution is 2.00. The van der Waals surface area contributed by atoms with E-state index in [4.69, 9.17) is 0 Å². The minimum Gasteiger partial charge on any atom is -0.466 e. The summed E-state index contributed by atoms with van der Waals surface area (Å²) >= 11 is 0. The van der Waals surface area contributed by atoms with Crippen LogP contribution in [0.3, 0.4) is 0 Å². The molecule has 14 heavy (non-hydrogen) atoms. The number of hydrogen-bond acceptors (Lipinski definition) is 3. The van der Waals surface area contributed by atoms with E-state index in [0.717, 1.165) is 0 Å². The van der Waals surface area contributed by atoms with Crippen LogP contribution in [0.25, 0.3) is 0 Å². The largest absolute Gasteiger partial charge is 0.466 e. The third kappa shape index (κ3) is 5.35. The standard InChI is InChI=1S/C10H17NO3/c1-7(9(13)14-5)6-8(12)11-10(2,3)4/h6H,1-5H3,(H,11,12)/b7-6+. The van der Waals surface area contributed by atoms with Gasteiger partial charge in [-0.15, -0.1) is 0 Å². The maximum absolute atomic E-state index is 11.3. The minimum absolute atomic E-state index is 0.286. The van der Waals surface area contributed by atoms with Crippen LogP contribution in [-0.4, -0.2) is 24.5 Å². The van der Waals surface area contributed by atoms with E-state index >= 15 is 0 Å². The van der Waals surface area contributed by atoms with Gasteiger partial charge in [0.05, 0.1) is 7.11 Å². The van der Waals surface area contributed by atoms with E-state index in [2.05, 4.69) is 10.1 Å². The van der Waals surface area contributed by atoms with Gasteiger partial charge in [0.2, 0.25) is 5.91 Å². The number of carbonyl (C=O) groups is 2. The van der Waals surface area contributed by atoms with Gasteiger partial charge in [-0.3, -0.25) is 4.79 Å². The van der Waals surface area contributed by atoms with E-state index in [9.17, 15) is 9.59 Å². The molecule has 0 bridgehead atoms. The Balaban J connectivity index is 4.37. The van der Waals surface area contributed by atoms with Crippen LogP contribution in [0.4, 0.5) is 0 Å². The van der Waals surface area contributed by atoms with Crippen molar-refractivity contribution in [2.24, 2.45) is 0 Å². The van der Waals surface area contributed by atoms with E-state index < -0.39 is 5.97 Å². The summed E-state index contributed by atoms with van der Waals surface area (Å²) in [6.07, 6.45) is 1.23. The predicted octanol–water partition coefficient (Wildman–Crippen LogP) is 1.02. The van der Waals surface area contributed by atoms with E-state index in [-0.39, 0.29) is 17.0 Å². The maximum Gasteiger partial charge on any atom is 0.333 e. The first-order valence-corrected chi connectivity index (χ1v) is 4.35. The lowest BCUT2D eigenvalue weighted by Gasteiger charge is -2.19. The number of rotatable bonds is 2. The number of ether oxygens (including phenoxy) is 1. The number of esters is 1. The molecular formula is C10H17NO3. The quantitative estimate of drug-likeness (QED) is 0.533. The first kappa shape index (κ1) is 12.7. The molecule has 0 aliphatic carbocycles. The molecule has 0 unspecified atom stereocenters. The summed E-state index contributed by atoms with van der Waals surface area (Å²) in [6, 6.07) is 0. The smallest absolute Gasteiger partial charge is 0.333 e. The van der Waals surface area contributed by atoms with Crippen LogP contribution >= 0.6 is 0 Å². The molecule has 80 valence electrons. The van der Waals surface area contributed by atoms with Gasteiger partial charge in [-0.2, -0.15) is 0 Å². The van der Waals surface area contributed by atoms with Crippen molar-refractivity contribution in [3.05, 3.63) is 11.6 Å². The van der Waals surface area contributed by atoms with Crippen molar-refractivity contribution in [2.45, 2.75) is 33.2 Å². The number of carbonyl (C=O) groups excluding carboxylic acids is 2. The van der Waals surface area contributed by atoms with Crippen LogP contribution in [0.15, 0.2) is 11.6 Å². The summed E-state index contributed by atoms with van der Waals surface area (Å²) in [6.45, 7) is 7.14. The summed E-state index contributed by atoms with van der Waals surface area (Å²) in [7, 11) is 1.28. The van der Waals surface area contributed by atoms with Gasteiger partial charge in [0.15, 0.2) is 0 Å². The summed E-state index contributed by atoms with van der Waals surface area (Å²) in [5.74, 6) is -0.783. The number of hydrogen-bond donors (Lipinski definition) is 1. The molecule has 0 radical (unpaired) electrons. The Hall–Kier alpha value is -1.32. The molecule has 0 fully saturated rings. The van der Waals surface area contributed by atoms with Gasteiger partial charge in [-0.1, -0.05) is 0 Å². The first-order chi connectivity index (χ1) is 6.26. The van der Waals surface area contributed by atoms with E-state index in [1.807, 2.05) is 20.8 Å². The monoisotopic (exact) mass is 199 g/mol. The molecule has 4 heteroatoms. The Kier molecular flexibility index (Phi) is 4.34. The summed E-state index contributed by atoms with van der Waals surface area (Å²) in [4.78, 5) is 22.2. The van der Waals surface area contributed by atoms with Gasteiger partial charge < -0.3 is 10.1 Å². The van der Waals surface area contributed by atoms with Crippen LogP contribution in [0.5, 0.6) is 0 Å². The Morgan fingerprint density at radius 3 is 2.14 bits per heavy atom. The molecule has 4 nitrogen and oxygen atoms in total. The van der Waals surface area contributed by atoms with Crippen molar-refractivity contribution in [2.75, 3.05) is 7.11 Å². The number of amides is 1. The molecule has 0 atom stereocenters. The fourth-order valence-electron chi connectivity index (χ4n) is 0.822. The Morgan fingerprint density at radius 2 is 1.79 bits per heavy atom. The predicted molar refractivity (Wildman–Crippen MR) is 53.7 cm³/mol. The molecule has 0 aliphatic heterocycles. The van der Waals surface area contributed by atoms with Crippen molar-refractivity contribution in [3.8, 4) is 0 Å². The van der Waals surface area contributed by atoms with Gasteiger partial charge in [0.25, 0.3) is 0 Å². The fraction of sp³-hybridized carbons (Fsp3) is 0.600. The van der Waals surface area contributed by atoms with E-state index in [0.29, 0.717) is 0 Å². The Morgan fingerprint density at radius 1 is 1.29 bits per heavy atom. The van der Waals surface area contributed by atoms with E-state index in [1.165, 1.54) is 20.1 Å². The SMILES string of the molecule is COC(=O)/C(C)=C/C(=O)NC(C)(C)C.